The molecule has 6 rings (SSSR count). The Hall–Kier alpha value is -6.52. The van der Waals surface area contributed by atoms with Gasteiger partial charge in [0.15, 0.2) is 52.2 Å². The first-order chi connectivity index (χ1) is 25.8. The molecule has 0 aliphatic heterocycles. The molecule has 0 heterocycles. The molecular weight excluding hydrogens is 729 g/mol. The third-order valence-corrected chi connectivity index (χ3v) is 7.94. The number of rotatable bonds is 3. The third-order valence-electron chi connectivity index (χ3n) is 7.85. The number of nitrogens with two attached hydrogens (primary N) is 1. The lowest BCUT2D eigenvalue weighted by molar-refractivity contribution is 0.462. The van der Waals surface area contributed by atoms with Gasteiger partial charge in [-0.3, -0.25) is 0 Å². The largest absolute Gasteiger partial charge is 0.394 e. The van der Waals surface area contributed by atoms with Gasteiger partial charge in [-0.15, -0.1) is 0 Å². The number of thiocarbonyl (C=S) groups is 1. The van der Waals surface area contributed by atoms with E-state index in [0.717, 1.165) is 22.3 Å². The van der Waals surface area contributed by atoms with Crippen LogP contribution in [0, 0.1) is 84.1 Å². The summed E-state index contributed by atoms with van der Waals surface area (Å²) in [5, 5.41) is 1.70. The van der Waals surface area contributed by atoms with E-state index in [9.17, 15) is 35.1 Å². The van der Waals surface area contributed by atoms with Crippen molar-refractivity contribution in [3.05, 3.63) is 177 Å². The van der Waals surface area contributed by atoms with Crippen LogP contribution >= 0.6 is 12.2 Å². The van der Waals surface area contributed by atoms with E-state index < -0.39 is 69.0 Å². The number of isothiocyanates is 1. The van der Waals surface area contributed by atoms with Gasteiger partial charge in [-0.1, -0.05) is 83.3 Å². The van der Waals surface area contributed by atoms with Crippen molar-refractivity contribution in [1.82, 2.24) is 0 Å². The van der Waals surface area contributed by atoms with Crippen LogP contribution in [0.25, 0.3) is 22.3 Å². The summed E-state index contributed by atoms with van der Waals surface area (Å²) in [6.45, 7) is 3.94. The summed E-state index contributed by atoms with van der Waals surface area (Å²) in [6, 6.07) is 26.6. The van der Waals surface area contributed by atoms with E-state index in [-0.39, 0.29) is 11.1 Å². The van der Waals surface area contributed by atoms with Gasteiger partial charge in [0, 0.05) is 22.3 Å². The van der Waals surface area contributed by atoms with E-state index in [1.807, 2.05) is 62.4 Å². The molecule has 0 bridgehead atoms. The average Bonchev–Trinajstić information content (AvgIpc) is 3.18. The molecule has 0 radical (unpaired) electrons. The highest BCUT2D eigenvalue weighted by molar-refractivity contribution is 7.78. The molecule has 54 heavy (non-hydrogen) atoms. The highest BCUT2D eigenvalue weighted by Gasteiger charge is 2.27. The van der Waals surface area contributed by atoms with Gasteiger partial charge in [0.25, 0.3) is 0 Å². The fraction of sp³-hybridized carbons (Fsp3) is 0.0465. The van der Waals surface area contributed by atoms with Gasteiger partial charge in [-0.2, -0.15) is 4.99 Å². The molecule has 11 heteroatoms. The Morgan fingerprint density at radius 2 is 0.704 bits per heavy atom. The molecule has 6 aromatic carbocycles. The van der Waals surface area contributed by atoms with Crippen molar-refractivity contribution in [2.45, 2.75) is 13.8 Å². The molecule has 0 unspecified atom stereocenters. The van der Waals surface area contributed by atoms with Crippen molar-refractivity contribution in [2.75, 3.05) is 5.73 Å². The predicted molar refractivity (Wildman–Crippen MR) is 197 cm³/mol. The number of hydrogen-bond donors (Lipinski definition) is 1. The van der Waals surface area contributed by atoms with Crippen LogP contribution in [0.15, 0.2) is 102 Å². The molecule has 0 aromatic heterocycles. The fourth-order valence-corrected chi connectivity index (χ4v) is 5.01. The molecule has 0 aliphatic rings. The molecule has 268 valence electrons. The molecule has 0 spiro atoms. The Balaban J connectivity index is 0.000000208. The number of anilines is 1. The van der Waals surface area contributed by atoms with Crippen molar-refractivity contribution in [1.29, 1.82) is 0 Å². The van der Waals surface area contributed by atoms with Crippen LogP contribution in [0.4, 0.5) is 46.5 Å². The summed E-state index contributed by atoms with van der Waals surface area (Å²) in [5.41, 5.74) is 6.04. The molecule has 0 atom stereocenters. The van der Waals surface area contributed by atoms with E-state index in [0.29, 0.717) is 11.1 Å². The first-order valence-electron chi connectivity index (χ1n) is 15.7. The van der Waals surface area contributed by atoms with E-state index in [2.05, 4.69) is 40.9 Å². The van der Waals surface area contributed by atoms with Gasteiger partial charge in [0.1, 0.15) is 5.69 Å². The number of hydrogen-bond acceptors (Lipinski definition) is 3. The summed E-state index contributed by atoms with van der Waals surface area (Å²) in [7, 11) is 0. The number of aliphatic imine (C=N–C) groups is 1. The normalized spacial score (nSPS) is 10.2. The molecule has 0 fully saturated rings. The maximum Gasteiger partial charge on any atom is 0.189 e. The maximum absolute atomic E-state index is 14.3. The monoisotopic (exact) mass is 752 g/mol. The molecule has 0 amide bonds. The van der Waals surface area contributed by atoms with Crippen LogP contribution in [0.1, 0.15) is 33.4 Å². The van der Waals surface area contributed by atoms with Crippen LogP contribution in [0.5, 0.6) is 0 Å². The van der Waals surface area contributed by atoms with Crippen molar-refractivity contribution >= 4 is 28.8 Å². The average molecular weight is 753 g/mol. The second-order valence-electron chi connectivity index (χ2n) is 11.6. The Bertz CT molecular complexity index is 2480. The number of nitrogen functional groups attached to an aromatic ring is 1. The molecule has 2 nitrogen and oxygen atoms in total. The van der Waals surface area contributed by atoms with Crippen LogP contribution in [0.3, 0.4) is 0 Å². The Labute approximate surface area is 310 Å². The van der Waals surface area contributed by atoms with E-state index >= 15 is 0 Å². The second kappa shape index (κ2) is 16.9. The first kappa shape index (κ1) is 38.7. The molecule has 2 N–H and O–H groups in total. The van der Waals surface area contributed by atoms with Crippen molar-refractivity contribution in [3.8, 4) is 45.9 Å². The van der Waals surface area contributed by atoms with Crippen molar-refractivity contribution in [3.63, 3.8) is 0 Å². The number of benzene rings is 6. The van der Waals surface area contributed by atoms with Crippen LogP contribution < -0.4 is 5.73 Å². The van der Waals surface area contributed by atoms with Crippen molar-refractivity contribution in [2.24, 2.45) is 4.99 Å². The van der Waals surface area contributed by atoms with Crippen LogP contribution in [-0.2, 0) is 0 Å². The van der Waals surface area contributed by atoms with E-state index in [1.54, 1.807) is 5.16 Å². The van der Waals surface area contributed by atoms with Crippen LogP contribution in [-0.4, -0.2) is 5.16 Å². The Morgan fingerprint density at radius 1 is 0.426 bits per heavy atom. The van der Waals surface area contributed by atoms with Gasteiger partial charge >= 0.3 is 0 Å². The smallest absolute Gasteiger partial charge is 0.189 e. The predicted octanol–water partition coefficient (Wildman–Crippen LogP) is 11.6. The third kappa shape index (κ3) is 8.57. The number of aryl methyl sites for hydroxylation is 2. The minimum atomic E-state index is -1.63. The second-order valence-corrected chi connectivity index (χ2v) is 11.8. The summed E-state index contributed by atoms with van der Waals surface area (Å²) in [5.74, 6) is -0.888. The highest BCUT2D eigenvalue weighted by Crippen LogP contribution is 2.36. The highest BCUT2D eigenvalue weighted by atomic mass is 32.1. The zero-order chi connectivity index (χ0) is 39.1. The van der Waals surface area contributed by atoms with Gasteiger partial charge in [-0.05, 0) is 85.7 Å². The van der Waals surface area contributed by atoms with Gasteiger partial charge in [0.05, 0.1) is 16.3 Å². The molecule has 0 saturated heterocycles. The number of nitrogens with zero attached hydrogens (tertiary/aromatic N) is 1. The van der Waals surface area contributed by atoms with Crippen molar-refractivity contribution < 1.29 is 35.1 Å². The standard InChI is InChI=1S/C22H11F4NS.C21H13F4N/c1-13-2-4-14(5-3-13)6-7-15-8-10-16(11-9-15)17-18(23)20(25)22(27-12-28)21(26)19(17)24;1-12-2-4-13(5-3-12)6-7-14-8-10-15(11-9-14)16-17(22)19(24)21(26)20(25)18(16)23/h2-5,8-11H,1H3;2-5,8-11H,26H2,1H3. The summed E-state index contributed by atoms with van der Waals surface area (Å²) < 4.78 is 112. The zero-order valence-electron chi connectivity index (χ0n) is 28.2. The molecular formula is C43H24F8N2S. The number of halogens is 8. The lowest BCUT2D eigenvalue weighted by Crippen LogP contribution is -2.05. The lowest BCUT2D eigenvalue weighted by Gasteiger charge is -2.09. The zero-order valence-corrected chi connectivity index (χ0v) is 29.0. The van der Waals surface area contributed by atoms with Gasteiger partial charge < -0.3 is 5.73 Å². The minimum Gasteiger partial charge on any atom is -0.394 e. The Kier molecular flexibility index (Phi) is 12.1. The topological polar surface area (TPSA) is 38.4 Å². The molecule has 6 aromatic rings. The first-order valence-corrected chi connectivity index (χ1v) is 16.1. The quantitative estimate of drug-likeness (QED) is 0.0488. The maximum atomic E-state index is 14.3. The fourth-order valence-electron chi connectivity index (χ4n) is 4.92. The Morgan fingerprint density at radius 3 is 1.00 bits per heavy atom. The van der Waals surface area contributed by atoms with Gasteiger partial charge in [0.2, 0.25) is 0 Å². The van der Waals surface area contributed by atoms with Crippen LogP contribution in [0.2, 0.25) is 0 Å². The summed E-state index contributed by atoms with van der Waals surface area (Å²) in [6.07, 6.45) is 0. The van der Waals surface area contributed by atoms with E-state index in [4.69, 9.17) is 5.73 Å². The molecule has 0 aliphatic carbocycles. The molecule has 0 saturated carbocycles. The SMILES string of the molecule is Cc1ccc(C#Cc2ccc(-c3c(F)c(F)c(N)c(F)c3F)cc2)cc1.Cc1ccc(C#Cc2ccc(-c3c(F)c(F)c(N=C=S)c(F)c3F)cc2)cc1. The van der Waals surface area contributed by atoms with Gasteiger partial charge in [-0.25, -0.2) is 35.1 Å². The summed E-state index contributed by atoms with van der Waals surface area (Å²) >= 11 is 4.24. The van der Waals surface area contributed by atoms with E-state index in [1.165, 1.54) is 48.5 Å². The summed E-state index contributed by atoms with van der Waals surface area (Å²) in [4.78, 5) is 3.05. The lowest BCUT2D eigenvalue weighted by atomic mass is 10.0. The minimum absolute atomic E-state index is 0.0151.